The van der Waals surface area contributed by atoms with Crippen molar-refractivity contribution in [1.82, 2.24) is 40.3 Å². The summed E-state index contributed by atoms with van der Waals surface area (Å²) >= 11 is 3.97. The van der Waals surface area contributed by atoms with Gasteiger partial charge in [0.05, 0.1) is 18.7 Å². The number of nitrogen functional groups attached to an aromatic ring is 1. The number of anilines is 1. The largest absolute Gasteiger partial charge is 0.511 e. The summed E-state index contributed by atoms with van der Waals surface area (Å²) in [7, 11) is 3.90. The van der Waals surface area contributed by atoms with E-state index in [2.05, 4.69) is 25.8 Å². The van der Waals surface area contributed by atoms with E-state index in [0.29, 0.717) is 33.9 Å². The summed E-state index contributed by atoms with van der Waals surface area (Å²) in [5, 5.41) is 16.8. The number of likely N-dealkylation sites (N-methyl/N-ethyl adjacent to an activating group) is 1. The van der Waals surface area contributed by atoms with Crippen molar-refractivity contribution in [1.29, 1.82) is 0 Å². The zero-order valence-electron chi connectivity index (χ0n) is 25.7. The SMILES string of the molecule is C[C@@H](OC(=O)OC1CCCCC1)OC(=O)C1=C(CSc2nnnn2CCN(C)C)CS[C@@H]2[C@H](NC(=O)Cc3csc(N)n3)C(=O)N12. The fourth-order valence-electron chi connectivity index (χ4n) is 5.18. The number of thioether (sulfide) groups is 2. The second-order valence-corrected chi connectivity index (χ2v) is 14.2. The molecule has 3 N–H and O–H groups in total. The third kappa shape index (κ3) is 8.48. The number of nitrogens with two attached hydrogens (primary N) is 1. The summed E-state index contributed by atoms with van der Waals surface area (Å²) < 4.78 is 17.8. The van der Waals surface area contributed by atoms with Gasteiger partial charge in [0.15, 0.2) is 5.13 Å². The zero-order chi connectivity index (χ0) is 32.8. The van der Waals surface area contributed by atoms with Gasteiger partial charge in [-0.25, -0.2) is 19.3 Å². The van der Waals surface area contributed by atoms with Crippen LogP contribution in [0.5, 0.6) is 0 Å². The third-order valence-electron chi connectivity index (χ3n) is 7.45. The lowest BCUT2D eigenvalue weighted by atomic mass is 9.98. The zero-order valence-corrected chi connectivity index (χ0v) is 28.2. The first-order valence-electron chi connectivity index (χ1n) is 14.9. The van der Waals surface area contributed by atoms with Crippen LogP contribution < -0.4 is 11.1 Å². The fraction of sp³-hybridized carbons (Fsp3) is 0.630. The van der Waals surface area contributed by atoms with Crippen molar-refractivity contribution in [2.24, 2.45) is 0 Å². The molecule has 16 nitrogen and oxygen atoms in total. The van der Waals surface area contributed by atoms with E-state index in [-0.39, 0.29) is 29.9 Å². The third-order valence-corrected chi connectivity index (χ3v) is 10.6. The van der Waals surface area contributed by atoms with Gasteiger partial charge in [-0.15, -0.1) is 28.2 Å². The van der Waals surface area contributed by atoms with Gasteiger partial charge in [0.2, 0.25) is 17.4 Å². The normalized spacial score (nSPS) is 20.6. The highest BCUT2D eigenvalue weighted by molar-refractivity contribution is 8.01. The maximum atomic E-state index is 13.6. The quantitative estimate of drug-likeness (QED) is 0.133. The number of nitrogens with one attached hydrogen (secondary N) is 1. The number of thiazole rings is 1. The molecule has 2 fully saturated rings. The number of rotatable bonds is 13. The number of aromatic nitrogens is 5. The van der Waals surface area contributed by atoms with E-state index in [9.17, 15) is 19.2 Å². The molecule has 0 unspecified atom stereocenters. The highest BCUT2D eigenvalue weighted by Gasteiger charge is 2.54. The number of β-lactam (4-membered cyclic amide) rings is 1. The predicted octanol–water partition coefficient (Wildman–Crippen LogP) is 1.64. The van der Waals surface area contributed by atoms with E-state index in [4.69, 9.17) is 19.9 Å². The highest BCUT2D eigenvalue weighted by Crippen LogP contribution is 2.42. The monoisotopic (exact) mass is 695 g/mol. The van der Waals surface area contributed by atoms with Gasteiger partial charge in [0.1, 0.15) is 23.2 Å². The Morgan fingerprint density at radius 1 is 1.22 bits per heavy atom. The summed E-state index contributed by atoms with van der Waals surface area (Å²) in [5.41, 5.74) is 6.83. The molecule has 2 aromatic rings. The molecular formula is C27H37N9O7S3. The number of hydrogen-bond acceptors (Lipinski definition) is 16. The standard InChI is InChI=1S/C27H37N9O7S3/c1-15(42-27(40)43-18-7-5-4-6-8-18)41-24(39)21-16(13-46-26-31-32-33-35(26)10-9-34(2)3)12-44-23-20(22(38)36(21)23)30-19(37)11-17-14-45-25(28)29-17/h14-15,18,20,23H,4-13H2,1-3H3,(H2,28,29)(H,30,37)/t15-,20-,23-/m1/s1. The Hall–Kier alpha value is -3.42. The first-order valence-corrected chi connectivity index (χ1v) is 17.8. The lowest BCUT2D eigenvalue weighted by Crippen LogP contribution is -2.70. The predicted molar refractivity (Wildman–Crippen MR) is 169 cm³/mol. The van der Waals surface area contributed by atoms with Gasteiger partial charge in [-0.1, -0.05) is 18.2 Å². The summed E-state index contributed by atoms with van der Waals surface area (Å²) in [6.07, 6.45) is 2.14. The topological polar surface area (TPSA) is 197 Å². The lowest BCUT2D eigenvalue weighted by molar-refractivity contribution is -0.170. The molecule has 3 aliphatic rings. The van der Waals surface area contributed by atoms with E-state index in [1.807, 2.05) is 19.0 Å². The Morgan fingerprint density at radius 3 is 2.72 bits per heavy atom. The van der Waals surface area contributed by atoms with Crippen molar-refractivity contribution < 1.29 is 33.4 Å². The Morgan fingerprint density at radius 2 is 2.00 bits per heavy atom. The van der Waals surface area contributed by atoms with Crippen molar-refractivity contribution in [2.75, 3.05) is 37.9 Å². The minimum absolute atomic E-state index is 0.0319. The van der Waals surface area contributed by atoms with Crippen molar-refractivity contribution in [2.45, 2.75) is 81.0 Å². The number of carbonyl (C=O) groups is 4. The van der Waals surface area contributed by atoms with Crippen LogP contribution in [-0.4, -0.2) is 115 Å². The van der Waals surface area contributed by atoms with Crippen LogP contribution in [-0.2, 0) is 41.6 Å². The lowest BCUT2D eigenvalue weighted by Gasteiger charge is -2.49. The Labute approximate surface area is 278 Å². The van der Waals surface area contributed by atoms with E-state index in [1.165, 1.54) is 46.7 Å². The van der Waals surface area contributed by atoms with Gasteiger partial charge in [-0.05, 0) is 55.8 Å². The molecule has 250 valence electrons. The van der Waals surface area contributed by atoms with Gasteiger partial charge in [-0.2, -0.15) is 0 Å². The second kappa shape index (κ2) is 15.4. The number of amides is 2. The first kappa shape index (κ1) is 33.9. The van der Waals surface area contributed by atoms with Crippen molar-refractivity contribution in [3.63, 3.8) is 0 Å². The van der Waals surface area contributed by atoms with Crippen LogP contribution in [0.3, 0.4) is 0 Å². The molecule has 5 rings (SSSR count). The molecule has 2 amide bonds. The molecule has 0 spiro atoms. The molecule has 46 heavy (non-hydrogen) atoms. The van der Waals surface area contributed by atoms with Crippen LogP contribution >= 0.6 is 34.9 Å². The fourth-order valence-corrected chi connectivity index (χ4v) is 8.13. The molecule has 19 heteroatoms. The average Bonchev–Trinajstić information content (AvgIpc) is 3.65. The molecule has 0 bridgehead atoms. The molecule has 0 radical (unpaired) electrons. The molecule has 3 atom stereocenters. The van der Waals surface area contributed by atoms with Gasteiger partial charge in [0.25, 0.3) is 5.91 Å². The Kier molecular flexibility index (Phi) is 11.4. The van der Waals surface area contributed by atoms with E-state index in [1.54, 1.807) is 10.1 Å². The smallest absolute Gasteiger partial charge is 0.431 e. The van der Waals surface area contributed by atoms with Gasteiger partial charge >= 0.3 is 12.1 Å². The maximum Gasteiger partial charge on any atom is 0.511 e. The van der Waals surface area contributed by atoms with E-state index < -0.39 is 35.7 Å². The molecule has 4 heterocycles. The van der Waals surface area contributed by atoms with Crippen LogP contribution in [0.25, 0.3) is 0 Å². The molecule has 1 saturated carbocycles. The number of carbonyl (C=O) groups excluding carboxylic acids is 4. The highest BCUT2D eigenvalue weighted by atomic mass is 32.2. The Balaban J connectivity index is 1.27. The summed E-state index contributed by atoms with van der Waals surface area (Å²) in [6.45, 7) is 2.70. The summed E-state index contributed by atoms with van der Waals surface area (Å²) in [6, 6.07) is -0.844. The second-order valence-electron chi connectivity index (χ2n) is 11.3. The minimum atomic E-state index is -1.27. The molecule has 2 aliphatic heterocycles. The Bertz CT molecular complexity index is 1460. The molecule has 1 aliphatic carbocycles. The van der Waals surface area contributed by atoms with Crippen LogP contribution in [0.1, 0.15) is 44.7 Å². The van der Waals surface area contributed by atoms with Crippen molar-refractivity contribution in [3.05, 3.63) is 22.3 Å². The average molecular weight is 696 g/mol. The number of ether oxygens (including phenoxy) is 3. The van der Waals surface area contributed by atoms with Gasteiger partial charge < -0.3 is 30.2 Å². The molecule has 2 aromatic heterocycles. The van der Waals surface area contributed by atoms with E-state index in [0.717, 1.165) is 38.6 Å². The van der Waals surface area contributed by atoms with Gasteiger partial charge in [0, 0.05) is 30.4 Å². The number of nitrogens with zero attached hydrogens (tertiary/aromatic N) is 7. The van der Waals surface area contributed by atoms with Crippen LogP contribution in [0.4, 0.5) is 9.93 Å². The van der Waals surface area contributed by atoms with E-state index >= 15 is 0 Å². The number of fused-ring (bicyclic) bond motifs is 1. The first-order chi connectivity index (χ1) is 22.1. The van der Waals surface area contributed by atoms with Crippen LogP contribution in [0.15, 0.2) is 21.8 Å². The summed E-state index contributed by atoms with van der Waals surface area (Å²) in [5.74, 6) is -1.01. The number of tetrazole rings is 1. The van der Waals surface area contributed by atoms with Gasteiger partial charge in [-0.3, -0.25) is 14.5 Å². The molecule has 1 saturated heterocycles. The number of hydrogen-bond donors (Lipinski definition) is 2. The van der Waals surface area contributed by atoms with Crippen molar-refractivity contribution in [3.8, 4) is 0 Å². The maximum absolute atomic E-state index is 13.6. The van der Waals surface area contributed by atoms with Crippen LogP contribution in [0.2, 0.25) is 0 Å². The number of esters is 1. The van der Waals surface area contributed by atoms with Crippen LogP contribution in [0, 0.1) is 0 Å². The minimum Gasteiger partial charge on any atom is -0.431 e. The summed E-state index contributed by atoms with van der Waals surface area (Å²) in [4.78, 5) is 59.6. The van der Waals surface area contributed by atoms with Crippen molar-refractivity contribution >= 4 is 63.9 Å². The molecule has 0 aromatic carbocycles. The molecular weight excluding hydrogens is 659 g/mol.